The highest BCUT2D eigenvalue weighted by atomic mass is 32.1. The molecule has 0 fully saturated rings. The maximum absolute atomic E-state index is 9.57. The van der Waals surface area contributed by atoms with E-state index in [1.165, 1.54) is 30.4 Å². The van der Waals surface area contributed by atoms with Gasteiger partial charge in [0.05, 0.1) is 11.8 Å². The third-order valence-corrected chi connectivity index (χ3v) is 4.61. The summed E-state index contributed by atoms with van der Waals surface area (Å²) in [7, 11) is 0. The van der Waals surface area contributed by atoms with Gasteiger partial charge in [-0.1, -0.05) is 24.3 Å². The Balaban J connectivity index is 1.97. The molecule has 2 atom stereocenters. The van der Waals surface area contributed by atoms with Crippen LogP contribution in [0.1, 0.15) is 53.6 Å². The zero-order chi connectivity index (χ0) is 12.5. The lowest BCUT2D eigenvalue weighted by Crippen LogP contribution is -2.10. The van der Waals surface area contributed by atoms with Crippen molar-refractivity contribution in [1.82, 2.24) is 4.98 Å². The molecule has 0 saturated carbocycles. The lowest BCUT2D eigenvalue weighted by atomic mass is 9.83. The van der Waals surface area contributed by atoms with Crippen LogP contribution < -0.4 is 0 Å². The second kappa shape index (κ2) is 4.82. The average molecular weight is 259 g/mol. The Morgan fingerprint density at radius 3 is 3.00 bits per heavy atom. The molecule has 0 radical (unpaired) electrons. The summed E-state index contributed by atoms with van der Waals surface area (Å²) in [4.78, 5) is 4.60. The van der Waals surface area contributed by atoms with E-state index in [1.807, 2.05) is 5.38 Å². The topological polar surface area (TPSA) is 33.1 Å². The van der Waals surface area contributed by atoms with Crippen LogP contribution >= 0.6 is 11.3 Å². The zero-order valence-electron chi connectivity index (χ0n) is 10.5. The first-order valence-electron chi connectivity index (χ1n) is 6.47. The van der Waals surface area contributed by atoms with E-state index in [2.05, 4.69) is 29.2 Å². The fraction of sp³-hybridized carbons (Fsp3) is 0.400. The summed E-state index contributed by atoms with van der Waals surface area (Å²) in [5.74, 6) is 0.424. The van der Waals surface area contributed by atoms with Crippen LogP contribution in [0.15, 0.2) is 29.6 Å². The van der Waals surface area contributed by atoms with Gasteiger partial charge in [-0.25, -0.2) is 4.98 Å². The number of rotatable bonds is 2. The molecule has 0 saturated heterocycles. The Hall–Kier alpha value is -1.19. The van der Waals surface area contributed by atoms with Crippen LogP contribution in [-0.2, 0) is 6.42 Å². The van der Waals surface area contributed by atoms with Crippen molar-refractivity contribution >= 4 is 11.3 Å². The molecular weight excluding hydrogens is 242 g/mol. The maximum atomic E-state index is 9.57. The number of benzene rings is 1. The average Bonchev–Trinajstić information content (AvgIpc) is 2.87. The van der Waals surface area contributed by atoms with Gasteiger partial charge in [-0.3, -0.25) is 0 Å². The van der Waals surface area contributed by atoms with Crippen LogP contribution in [0.5, 0.6) is 0 Å². The highest BCUT2D eigenvalue weighted by Gasteiger charge is 2.24. The summed E-state index contributed by atoms with van der Waals surface area (Å²) in [5, 5.41) is 12.7. The van der Waals surface area contributed by atoms with E-state index in [0.717, 1.165) is 10.7 Å². The van der Waals surface area contributed by atoms with Crippen molar-refractivity contribution in [1.29, 1.82) is 0 Å². The molecule has 94 valence electrons. The van der Waals surface area contributed by atoms with E-state index in [4.69, 9.17) is 0 Å². The molecule has 0 spiro atoms. The van der Waals surface area contributed by atoms with Crippen molar-refractivity contribution < 1.29 is 5.11 Å². The number of aliphatic hydroxyl groups excluding tert-OH is 1. The molecule has 1 heterocycles. The van der Waals surface area contributed by atoms with Crippen molar-refractivity contribution in [2.45, 2.75) is 38.2 Å². The van der Waals surface area contributed by atoms with Gasteiger partial charge >= 0.3 is 0 Å². The standard InChI is InChI=1S/C15H17NOS/c1-10(17)14-9-18-15(16-14)13-8-4-6-11-5-2-3-7-12(11)13/h2-3,5,7,9-10,13,17H,4,6,8H2,1H3. The van der Waals surface area contributed by atoms with Gasteiger partial charge in [0.15, 0.2) is 0 Å². The summed E-state index contributed by atoms with van der Waals surface area (Å²) in [5.41, 5.74) is 3.69. The van der Waals surface area contributed by atoms with Crippen LogP contribution in [-0.4, -0.2) is 10.1 Å². The van der Waals surface area contributed by atoms with E-state index in [-0.39, 0.29) is 0 Å². The summed E-state index contributed by atoms with van der Waals surface area (Å²) in [6.07, 6.45) is 3.12. The second-order valence-electron chi connectivity index (χ2n) is 4.93. The fourth-order valence-electron chi connectivity index (χ4n) is 2.66. The molecule has 1 aromatic heterocycles. The third kappa shape index (κ3) is 2.08. The van der Waals surface area contributed by atoms with E-state index in [1.54, 1.807) is 18.3 Å². The van der Waals surface area contributed by atoms with Gasteiger partial charge in [0.1, 0.15) is 5.01 Å². The summed E-state index contributed by atoms with van der Waals surface area (Å²) in [6, 6.07) is 8.68. The maximum Gasteiger partial charge on any atom is 0.100 e. The number of aromatic nitrogens is 1. The van der Waals surface area contributed by atoms with Crippen molar-refractivity contribution in [3.05, 3.63) is 51.5 Å². The monoisotopic (exact) mass is 259 g/mol. The first kappa shape index (κ1) is 11.9. The molecule has 0 bridgehead atoms. The van der Waals surface area contributed by atoms with E-state index in [9.17, 15) is 5.11 Å². The molecule has 0 amide bonds. The van der Waals surface area contributed by atoms with E-state index >= 15 is 0 Å². The molecule has 2 aromatic rings. The lowest BCUT2D eigenvalue weighted by molar-refractivity contribution is 0.195. The van der Waals surface area contributed by atoms with Gasteiger partial charge in [0.2, 0.25) is 0 Å². The Morgan fingerprint density at radius 2 is 2.22 bits per heavy atom. The summed E-state index contributed by atoms with van der Waals surface area (Å²) in [6.45, 7) is 1.77. The Kier molecular flexibility index (Phi) is 3.18. The van der Waals surface area contributed by atoms with Crippen molar-refractivity contribution in [3.8, 4) is 0 Å². The van der Waals surface area contributed by atoms with Crippen molar-refractivity contribution in [3.63, 3.8) is 0 Å². The minimum atomic E-state index is -0.464. The van der Waals surface area contributed by atoms with Crippen LogP contribution in [0.4, 0.5) is 0 Å². The lowest BCUT2D eigenvalue weighted by Gasteiger charge is -2.23. The van der Waals surface area contributed by atoms with Crippen LogP contribution in [0.25, 0.3) is 0 Å². The number of fused-ring (bicyclic) bond motifs is 1. The highest BCUT2D eigenvalue weighted by Crippen LogP contribution is 2.38. The van der Waals surface area contributed by atoms with Gasteiger partial charge < -0.3 is 5.11 Å². The number of thiazole rings is 1. The number of aliphatic hydroxyl groups is 1. The Morgan fingerprint density at radius 1 is 1.39 bits per heavy atom. The van der Waals surface area contributed by atoms with Gasteiger partial charge in [0, 0.05) is 11.3 Å². The van der Waals surface area contributed by atoms with Crippen LogP contribution in [0, 0.1) is 0 Å². The molecule has 1 aliphatic rings. The van der Waals surface area contributed by atoms with Crippen LogP contribution in [0.2, 0.25) is 0 Å². The molecule has 2 unspecified atom stereocenters. The molecule has 1 aliphatic carbocycles. The first-order chi connectivity index (χ1) is 8.75. The summed E-state index contributed by atoms with van der Waals surface area (Å²) < 4.78 is 0. The third-order valence-electron chi connectivity index (χ3n) is 3.64. The summed E-state index contributed by atoms with van der Waals surface area (Å²) >= 11 is 1.68. The molecule has 3 rings (SSSR count). The largest absolute Gasteiger partial charge is 0.387 e. The van der Waals surface area contributed by atoms with E-state index in [0.29, 0.717) is 5.92 Å². The quantitative estimate of drug-likeness (QED) is 0.892. The minimum Gasteiger partial charge on any atom is -0.387 e. The SMILES string of the molecule is CC(O)c1csc(C2CCCc3ccccc32)n1. The molecular formula is C15H17NOS. The fourth-order valence-corrected chi connectivity index (χ4v) is 3.72. The van der Waals surface area contributed by atoms with E-state index < -0.39 is 6.10 Å². The second-order valence-corrected chi connectivity index (χ2v) is 5.82. The molecule has 0 aliphatic heterocycles. The number of nitrogens with zero attached hydrogens (tertiary/aromatic N) is 1. The van der Waals surface area contributed by atoms with Gasteiger partial charge in [-0.15, -0.1) is 11.3 Å². The number of aryl methyl sites for hydroxylation is 1. The van der Waals surface area contributed by atoms with Crippen LogP contribution in [0.3, 0.4) is 0 Å². The van der Waals surface area contributed by atoms with Gasteiger partial charge in [-0.05, 0) is 37.3 Å². The van der Waals surface area contributed by atoms with Crippen molar-refractivity contribution in [2.75, 3.05) is 0 Å². The zero-order valence-corrected chi connectivity index (χ0v) is 11.3. The number of hydrogen-bond acceptors (Lipinski definition) is 3. The Labute approximate surface area is 111 Å². The molecule has 1 N–H and O–H groups in total. The van der Waals surface area contributed by atoms with Gasteiger partial charge in [-0.2, -0.15) is 0 Å². The first-order valence-corrected chi connectivity index (χ1v) is 7.35. The predicted molar refractivity (Wildman–Crippen MR) is 74.0 cm³/mol. The van der Waals surface area contributed by atoms with Gasteiger partial charge in [0.25, 0.3) is 0 Å². The molecule has 1 aromatic carbocycles. The highest BCUT2D eigenvalue weighted by molar-refractivity contribution is 7.09. The smallest absolute Gasteiger partial charge is 0.100 e. The molecule has 2 nitrogen and oxygen atoms in total. The molecule has 18 heavy (non-hydrogen) atoms. The molecule has 3 heteroatoms. The minimum absolute atomic E-state index is 0.424. The number of hydrogen-bond donors (Lipinski definition) is 1. The normalized spacial score (nSPS) is 20.4. The predicted octanol–water partition coefficient (Wildman–Crippen LogP) is 3.66. The van der Waals surface area contributed by atoms with Crippen molar-refractivity contribution in [2.24, 2.45) is 0 Å². The Bertz CT molecular complexity index is 547.